The molecule has 12 heteroatoms. The maximum Gasteiger partial charge on any atom is 0.350 e. The smallest absolute Gasteiger partial charge is 0.350 e. The van der Waals surface area contributed by atoms with Crippen molar-refractivity contribution >= 4 is 36.5 Å². The van der Waals surface area contributed by atoms with Crippen LogP contribution in [0, 0.1) is 0 Å². The van der Waals surface area contributed by atoms with Crippen molar-refractivity contribution in [2.24, 2.45) is 0 Å². The first-order valence-corrected chi connectivity index (χ1v) is 11.0. The van der Waals surface area contributed by atoms with Crippen LogP contribution in [0.2, 0.25) is 0 Å². The number of ether oxygens (including phenoxy) is 2. The molecule has 3 rings (SSSR count). The molecule has 0 amide bonds. The van der Waals surface area contributed by atoms with Gasteiger partial charge in [0.25, 0.3) is 0 Å². The highest BCUT2D eigenvalue weighted by Crippen LogP contribution is 2.34. The minimum atomic E-state index is -4.19. The van der Waals surface area contributed by atoms with Gasteiger partial charge in [-0.15, -0.1) is 0 Å². The molecule has 0 aliphatic rings. The number of hydrogen-bond acceptors (Lipinski definition) is 8. The van der Waals surface area contributed by atoms with Gasteiger partial charge in [0.1, 0.15) is 22.6 Å². The van der Waals surface area contributed by atoms with E-state index in [0.29, 0.717) is 29.3 Å². The van der Waals surface area contributed by atoms with Crippen molar-refractivity contribution in [2.75, 3.05) is 25.3 Å². The second-order valence-electron chi connectivity index (χ2n) is 5.71. The molecule has 4 N–H and O–H groups in total. The summed E-state index contributed by atoms with van der Waals surface area (Å²) in [6.07, 6.45) is 0.939. The topological polar surface area (TPSA) is 146 Å². The monoisotopic (exact) mass is 425 g/mol. The Morgan fingerprint density at radius 3 is 2.89 bits per heavy atom. The van der Waals surface area contributed by atoms with Crippen molar-refractivity contribution in [3.05, 3.63) is 30.6 Å². The second kappa shape index (κ2) is 8.89. The lowest BCUT2D eigenvalue weighted by Crippen LogP contribution is -2.07. The molecule has 28 heavy (non-hydrogen) atoms. The zero-order chi connectivity index (χ0) is 20.1. The summed E-state index contributed by atoms with van der Waals surface area (Å²) < 4.78 is 23.1. The summed E-state index contributed by atoms with van der Waals surface area (Å²) in [5, 5.41) is 0.603. The molecule has 2 aromatic heterocycles. The second-order valence-corrected chi connectivity index (χ2v) is 8.36. The summed E-state index contributed by atoms with van der Waals surface area (Å²) in [5.74, 6) is 0.868. The Hall–Kier alpha value is -2.17. The number of aromatic nitrogens is 4. The molecule has 0 radical (unpaired) electrons. The molecule has 0 atom stereocenters. The van der Waals surface area contributed by atoms with Crippen molar-refractivity contribution in [1.82, 2.24) is 19.5 Å². The molecule has 10 nitrogen and oxygen atoms in total. The standard InChI is InChI=1S/C16H20N5O5PS/c1-2-26-11-4-3-5-12(8-11)28-15-13-14(19-16(17)20-15)21(9-18-13)6-7-25-10-27(22,23)24/h3-5,8-9H,2,6-7,10H2,1H3,(H2,17,19,20)(H2,22,23,24). The van der Waals surface area contributed by atoms with Crippen LogP contribution in [0.4, 0.5) is 5.95 Å². The largest absolute Gasteiger partial charge is 0.494 e. The lowest BCUT2D eigenvalue weighted by atomic mass is 10.3. The third-order valence-electron chi connectivity index (χ3n) is 3.52. The summed E-state index contributed by atoms with van der Waals surface area (Å²) in [6, 6.07) is 7.62. The lowest BCUT2D eigenvalue weighted by Gasteiger charge is -2.08. The van der Waals surface area contributed by atoms with E-state index < -0.39 is 13.9 Å². The highest BCUT2D eigenvalue weighted by atomic mass is 32.2. The molecule has 1 aromatic carbocycles. The number of rotatable bonds is 9. The van der Waals surface area contributed by atoms with Crippen LogP contribution in [0.25, 0.3) is 11.2 Å². The number of hydrogen-bond donors (Lipinski definition) is 3. The van der Waals surface area contributed by atoms with E-state index in [-0.39, 0.29) is 12.6 Å². The van der Waals surface area contributed by atoms with E-state index in [1.807, 2.05) is 31.2 Å². The number of nitrogen functional groups attached to an aromatic ring is 1. The number of nitrogens with two attached hydrogens (primary N) is 1. The SMILES string of the molecule is CCOc1cccc(Sc2nc(N)nc3c2ncn3CCOCP(=O)(O)O)c1. The Labute approximate surface area is 165 Å². The van der Waals surface area contributed by atoms with Gasteiger partial charge >= 0.3 is 7.60 Å². The fourth-order valence-electron chi connectivity index (χ4n) is 2.42. The van der Waals surface area contributed by atoms with Crippen molar-refractivity contribution < 1.29 is 23.8 Å². The van der Waals surface area contributed by atoms with Gasteiger partial charge < -0.3 is 29.6 Å². The van der Waals surface area contributed by atoms with Crippen LogP contribution in [0.1, 0.15) is 6.92 Å². The van der Waals surface area contributed by atoms with Crippen molar-refractivity contribution in [2.45, 2.75) is 23.4 Å². The molecule has 150 valence electrons. The molecular weight excluding hydrogens is 405 g/mol. The molecule has 0 spiro atoms. The molecule has 0 aliphatic heterocycles. The minimum absolute atomic E-state index is 0.0966. The predicted molar refractivity (Wildman–Crippen MR) is 104 cm³/mol. The number of nitrogens with zero attached hydrogens (tertiary/aromatic N) is 4. The van der Waals surface area contributed by atoms with E-state index >= 15 is 0 Å². The first-order chi connectivity index (χ1) is 13.4. The van der Waals surface area contributed by atoms with Gasteiger partial charge in [0, 0.05) is 11.4 Å². The Balaban J connectivity index is 1.79. The van der Waals surface area contributed by atoms with Gasteiger partial charge in [-0.3, -0.25) is 4.57 Å². The van der Waals surface area contributed by atoms with Gasteiger partial charge in [-0.1, -0.05) is 17.8 Å². The van der Waals surface area contributed by atoms with Crippen LogP contribution in [0.15, 0.2) is 40.5 Å². The van der Waals surface area contributed by atoms with E-state index in [2.05, 4.69) is 15.0 Å². The third kappa shape index (κ3) is 5.43. The van der Waals surface area contributed by atoms with Crippen molar-refractivity contribution in [3.63, 3.8) is 0 Å². The Kier molecular flexibility index (Phi) is 6.53. The van der Waals surface area contributed by atoms with Crippen LogP contribution in [0.3, 0.4) is 0 Å². The van der Waals surface area contributed by atoms with E-state index in [1.165, 1.54) is 11.8 Å². The average Bonchev–Trinajstić information content (AvgIpc) is 3.01. The zero-order valence-corrected chi connectivity index (χ0v) is 16.8. The van der Waals surface area contributed by atoms with Gasteiger partial charge in [0.2, 0.25) is 5.95 Å². The van der Waals surface area contributed by atoms with Crippen molar-refractivity contribution in [1.29, 1.82) is 0 Å². The molecular formula is C16H20N5O5PS. The minimum Gasteiger partial charge on any atom is -0.494 e. The maximum absolute atomic E-state index is 10.8. The van der Waals surface area contributed by atoms with Gasteiger partial charge in [-0.25, -0.2) is 9.97 Å². The summed E-state index contributed by atoms with van der Waals surface area (Å²) in [4.78, 5) is 31.5. The normalized spacial score (nSPS) is 11.8. The summed E-state index contributed by atoms with van der Waals surface area (Å²) in [6.45, 7) is 2.91. The highest BCUT2D eigenvalue weighted by molar-refractivity contribution is 7.99. The molecule has 2 heterocycles. The van der Waals surface area contributed by atoms with Gasteiger partial charge in [0.05, 0.1) is 19.5 Å². The number of imidazole rings is 1. The van der Waals surface area contributed by atoms with Crippen LogP contribution >= 0.6 is 19.4 Å². The number of anilines is 1. The fourth-order valence-corrected chi connectivity index (χ4v) is 3.71. The van der Waals surface area contributed by atoms with E-state index in [9.17, 15) is 4.57 Å². The van der Waals surface area contributed by atoms with Crippen LogP contribution in [-0.4, -0.2) is 48.9 Å². The molecule has 0 fully saturated rings. The average molecular weight is 425 g/mol. The highest BCUT2D eigenvalue weighted by Gasteiger charge is 2.15. The van der Waals surface area contributed by atoms with Crippen molar-refractivity contribution in [3.8, 4) is 5.75 Å². The number of fused-ring (bicyclic) bond motifs is 1. The summed E-state index contributed by atoms with van der Waals surface area (Å²) >= 11 is 1.40. The quantitative estimate of drug-likeness (QED) is 0.265. The van der Waals surface area contributed by atoms with E-state index in [0.717, 1.165) is 10.6 Å². The fraction of sp³-hybridized carbons (Fsp3) is 0.312. The predicted octanol–water partition coefficient (Wildman–Crippen LogP) is 2.11. The molecule has 0 saturated heterocycles. The van der Waals surface area contributed by atoms with E-state index in [4.69, 9.17) is 25.0 Å². The first kappa shape index (κ1) is 20.6. The zero-order valence-electron chi connectivity index (χ0n) is 15.1. The molecule has 0 aliphatic carbocycles. The molecule has 0 saturated carbocycles. The Bertz CT molecular complexity index is 1010. The maximum atomic E-state index is 10.8. The first-order valence-electron chi connectivity index (χ1n) is 8.37. The lowest BCUT2D eigenvalue weighted by molar-refractivity contribution is 0.149. The summed E-state index contributed by atoms with van der Waals surface area (Å²) in [7, 11) is -4.19. The van der Waals surface area contributed by atoms with Crippen LogP contribution < -0.4 is 10.5 Å². The van der Waals surface area contributed by atoms with E-state index in [1.54, 1.807) is 10.9 Å². The van der Waals surface area contributed by atoms with Crippen LogP contribution in [-0.2, 0) is 15.8 Å². The Morgan fingerprint density at radius 2 is 2.14 bits per heavy atom. The molecule has 3 aromatic rings. The molecule has 0 bridgehead atoms. The number of benzene rings is 1. The third-order valence-corrected chi connectivity index (χ3v) is 5.00. The summed E-state index contributed by atoms with van der Waals surface area (Å²) in [5.41, 5.74) is 6.96. The van der Waals surface area contributed by atoms with Crippen LogP contribution in [0.5, 0.6) is 5.75 Å². The molecule has 0 unspecified atom stereocenters. The van der Waals surface area contributed by atoms with Gasteiger partial charge in [-0.2, -0.15) is 4.98 Å². The van der Waals surface area contributed by atoms with Gasteiger partial charge in [0.15, 0.2) is 5.65 Å². The van der Waals surface area contributed by atoms with Gasteiger partial charge in [-0.05, 0) is 25.1 Å². The Morgan fingerprint density at radius 1 is 1.32 bits per heavy atom.